The molecular weight excluding hydrogens is 284 g/mol. The summed E-state index contributed by atoms with van der Waals surface area (Å²) in [6.07, 6.45) is -0.145. The molecule has 0 fully saturated rings. The van der Waals surface area contributed by atoms with E-state index in [1.807, 2.05) is 18.2 Å². The number of carbonyl (C=O) groups excluding carboxylic acids is 2. The second kappa shape index (κ2) is 6.71. The minimum absolute atomic E-state index is 0.0405. The van der Waals surface area contributed by atoms with Gasteiger partial charge in [-0.25, -0.2) is 4.79 Å². The molecule has 2 aromatic carbocycles. The Hall–Kier alpha value is -2.89. The second-order valence-corrected chi connectivity index (χ2v) is 4.90. The highest BCUT2D eigenvalue weighted by atomic mass is 16.4. The molecule has 1 unspecified atom stereocenters. The Balaban J connectivity index is 2.22. The highest BCUT2D eigenvalue weighted by Gasteiger charge is 2.21. The summed E-state index contributed by atoms with van der Waals surface area (Å²) in [4.78, 5) is 34.3. The van der Waals surface area contributed by atoms with Crippen molar-refractivity contribution in [2.45, 2.75) is 18.9 Å². The van der Waals surface area contributed by atoms with Gasteiger partial charge in [0.25, 0.3) is 5.91 Å². The second-order valence-electron chi connectivity index (χ2n) is 4.90. The van der Waals surface area contributed by atoms with E-state index in [-0.39, 0.29) is 12.8 Å². The maximum absolute atomic E-state index is 12.3. The number of hydrogen-bond donors (Lipinski definition) is 3. The van der Waals surface area contributed by atoms with Gasteiger partial charge in [-0.3, -0.25) is 9.59 Å². The van der Waals surface area contributed by atoms with Crippen molar-refractivity contribution < 1.29 is 19.5 Å². The van der Waals surface area contributed by atoms with Gasteiger partial charge in [0, 0.05) is 12.0 Å². The number of nitrogens with one attached hydrogen (secondary N) is 1. The average molecular weight is 300 g/mol. The van der Waals surface area contributed by atoms with Gasteiger partial charge >= 0.3 is 5.97 Å². The van der Waals surface area contributed by atoms with Crippen LogP contribution in [-0.2, 0) is 9.59 Å². The first kappa shape index (κ1) is 15.5. The quantitative estimate of drug-likeness (QED) is 0.746. The van der Waals surface area contributed by atoms with Gasteiger partial charge in [0.15, 0.2) is 0 Å². The zero-order valence-electron chi connectivity index (χ0n) is 11.8. The highest BCUT2D eigenvalue weighted by molar-refractivity contribution is 6.07. The normalized spacial score (nSPS) is 11.8. The first-order valence-corrected chi connectivity index (χ1v) is 6.79. The molecule has 0 aliphatic carbocycles. The van der Waals surface area contributed by atoms with E-state index in [0.29, 0.717) is 5.56 Å². The fourth-order valence-electron chi connectivity index (χ4n) is 2.20. The molecule has 0 saturated carbocycles. The van der Waals surface area contributed by atoms with E-state index in [9.17, 15) is 14.4 Å². The lowest BCUT2D eigenvalue weighted by Gasteiger charge is -2.14. The summed E-state index contributed by atoms with van der Waals surface area (Å²) in [5, 5.41) is 13.2. The number of aliphatic carboxylic acids is 1. The number of carboxylic acids is 1. The van der Waals surface area contributed by atoms with Crippen molar-refractivity contribution in [1.82, 2.24) is 5.32 Å². The molecule has 0 saturated heterocycles. The maximum atomic E-state index is 12.3. The predicted octanol–water partition coefficient (Wildman–Crippen LogP) is 1.29. The third-order valence-corrected chi connectivity index (χ3v) is 3.32. The lowest BCUT2D eigenvalue weighted by atomic mass is 10.0. The number of rotatable bonds is 6. The Bertz CT molecular complexity index is 722. The summed E-state index contributed by atoms with van der Waals surface area (Å²) in [5.74, 6) is -2.30. The number of carbonyl (C=O) groups is 3. The predicted molar refractivity (Wildman–Crippen MR) is 81.3 cm³/mol. The molecule has 6 heteroatoms. The van der Waals surface area contributed by atoms with Gasteiger partial charge in [0.2, 0.25) is 5.91 Å². The van der Waals surface area contributed by atoms with Gasteiger partial charge in [0.1, 0.15) is 6.04 Å². The van der Waals surface area contributed by atoms with Crippen LogP contribution >= 0.6 is 0 Å². The molecule has 4 N–H and O–H groups in total. The minimum atomic E-state index is -1.20. The van der Waals surface area contributed by atoms with Gasteiger partial charge in [-0.15, -0.1) is 0 Å². The molecule has 0 heterocycles. The molecule has 114 valence electrons. The summed E-state index contributed by atoms with van der Waals surface area (Å²) in [5.41, 5.74) is 5.40. The first-order chi connectivity index (χ1) is 10.5. The van der Waals surface area contributed by atoms with E-state index in [1.54, 1.807) is 24.3 Å². The summed E-state index contributed by atoms with van der Waals surface area (Å²) in [6, 6.07) is 11.4. The number of amides is 2. The topological polar surface area (TPSA) is 109 Å². The smallest absolute Gasteiger partial charge is 0.326 e. The molecule has 2 aromatic rings. The monoisotopic (exact) mass is 300 g/mol. The molecule has 6 nitrogen and oxygen atoms in total. The molecule has 1 atom stereocenters. The molecule has 22 heavy (non-hydrogen) atoms. The first-order valence-electron chi connectivity index (χ1n) is 6.79. The third-order valence-electron chi connectivity index (χ3n) is 3.32. The summed E-state index contributed by atoms with van der Waals surface area (Å²) >= 11 is 0. The molecule has 0 aliphatic rings. The van der Waals surface area contributed by atoms with Crippen molar-refractivity contribution in [3.8, 4) is 0 Å². The number of benzene rings is 2. The van der Waals surface area contributed by atoms with Crippen LogP contribution in [0, 0.1) is 0 Å². The van der Waals surface area contributed by atoms with Crippen LogP contribution in [0.15, 0.2) is 42.5 Å². The summed E-state index contributed by atoms with van der Waals surface area (Å²) in [6.45, 7) is 0. The molecule has 0 aliphatic heterocycles. The van der Waals surface area contributed by atoms with Gasteiger partial charge in [-0.1, -0.05) is 36.4 Å². The van der Waals surface area contributed by atoms with Crippen LogP contribution in [0.1, 0.15) is 23.2 Å². The summed E-state index contributed by atoms with van der Waals surface area (Å²) < 4.78 is 0. The summed E-state index contributed by atoms with van der Waals surface area (Å²) in [7, 11) is 0. The molecule has 2 amide bonds. The largest absolute Gasteiger partial charge is 0.480 e. The number of hydrogen-bond acceptors (Lipinski definition) is 3. The lowest BCUT2D eigenvalue weighted by molar-refractivity contribution is -0.139. The standard InChI is InChI=1S/C16H16N2O4/c17-14(19)9-8-13(16(21)22)18-15(20)12-7-3-5-10-4-1-2-6-11(10)12/h1-7,13H,8-9H2,(H2,17,19)(H,18,20)(H,21,22). The van der Waals surface area contributed by atoms with Crippen molar-refractivity contribution in [2.24, 2.45) is 5.73 Å². The number of carboxylic acid groups (broad SMARTS) is 1. The third kappa shape index (κ3) is 3.60. The van der Waals surface area contributed by atoms with Gasteiger partial charge in [-0.2, -0.15) is 0 Å². The van der Waals surface area contributed by atoms with Gasteiger partial charge in [-0.05, 0) is 23.3 Å². The van der Waals surface area contributed by atoms with Crippen LogP contribution in [0.25, 0.3) is 10.8 Å². The van der Waals surface area contributed by atoms with E-state index in [1.165, 1.54) is 0 Å². The molecule has 0 spiro atoms. The zero-order valence-corrected chi connectivity index (χ0v) is 11.8. The van der Waals surface area contributed by atoms with Crippen LogP contribution in [0.4, 0.5) is 0 Å². The van der Waals surface area contributed by atoms with Crippen molar-refractivity contribution >= 4 is 28.6 Å². The van der Waals surface area contributed by atoms with Crippen LogP contribution in [0.3, 0.4) is 0 Å². The average Bonchev–Trinajstić information content (AvgIpc) is 2.50. The van der Waals surface area contributed by atoms with E-state index in [2.05, 4.69) is 5.32 Å². The number of fused-ring (bicyclic) bond motifs is 1. The Morgan fingerprint density at radius 1 is 1.09 bits per heavy atom. The highest BCUT2D eigenvalue weighted by Crippen LogP contribution is 2.18. The van der Waals surface area contributed by atoms with Crippen molar-refractivity contribution in [3.63, 3.8) is 0 Å². The lowest BCUT2D eigenvalue weighted by Crippen LogP contribution is -2.41. The van der Waals surface area contributed by atoms with E-state index in [4.69, 9.17) is 10.8 Å². The zero-order chi connectivity index (χ0) is 16.1. The minimum Gasteiger partial charge on any atom is -0.480 e. The Morgan fingerprint density at radius 3 is 2.45 bits per heavy atom. The molecule has 0 bridgehead atoms. The SMILES string of the molecule is NC(=O)CCC(NC(=O)c1cccc2ccccc12)C(=O)O. The Labute approximate surface area is 126 Å². The molecule has 0 radical (unpaired) electrons. The van der Waals surface area contributed by atoms with E-state index >= 15 is 0 Å². The van der Waals surface area contributed by atoms with Gasteiger partial charge in [0.05, 0.1) is 0 Å². The van der Waals surface area contributed by atoms with Crippen LogP contribution < -0.4 is 11.1 Å². The Kier molecular flexibility index (Phi) is 4.73. The van der Waals surface area contributed by atoms with Crippen LogP contribution in [-0.4, -0.2) is 28.9 Å². The van der Waals surface area contributed by atoms with Gasteiger partial charge < -0.3 is 16.2 Å². The van der Waals surface area contributed by atoms with Crippen molar-refractivity contribution in [2.75, 3.05) is 0 Å². The fourth-order valence-corrected chi connectivity index (χ4v) is 2.20. The Morgan fingerprint density at radius 2 is 1.77 bits per heavy atom. The fraction of sp³-hybridized carbons (Fsp3) is 0.188. The molecular formula is C16H16N2O4. The molecule has 0 aromatic heterocycles. The van der Waals surface area contributed by atoms with E-state index in [0.717, 1.165) is 10.8 Å². The van der Waals surface area contributed by atoms with Crippen molar-refractivity contribution in [3.05, 3.63) is 48.0 Å². The van der Waals surface area contributed by atoms with Crippen molar-refractivity contribution in [1.29, 1.82) is 0 Å². The van der Waals surface area contributed by atoms with Crippen LogP contribution in [0.2, 0.25) is 0 Å². The van der Waals surface area contributed by atoms with Crippen LogP contribution in [0.5, 0.6) is 0 Å². The number of nitrogens with two attached hydrogens (primary N) is 1. The maximum Gasteiger partial charge on any atom is 0.326 e. The number of primary amides is 1. The van der Waals surface area contributed by atoms with E-state index < -0.39 is 23.8 Å². The molecule has 2 rings (SSSR count).